The van der Waals surface area contributed by atoms with Crippen LogP contribution in [0.3, 0.4) is 0 Å². The minimum absolute atomic E-state index is 0.101. The Hall–Kier alpha value is -0.860. The van der Waals surface area contributed by atoms with Crippen LogP contribution in [0, 0.1) is 5.92 Å². The van der Waals surface area contributed by atoms with Gasteiger partial charge in [-0.1, -0.05) is 27.7 Å². The van der Waals surface area contributed by atoms with Crippen LogP contribution in [0.2, 0.25) is 0 Å². The minimum atomic E-state index is -0.151. The molecule has 1 rings (SSSR count). The van der Waals surface area contributed by atoms with E-state index in [9.17, 15) is 9.59 Å². The first kappa shape index (κ1) is 14.1. The summed E-state index contributed by atoms with van der Waals surface area (Å²) in [6.07, 6.45) is 1.33. The van der Waals surface area contributed by atoms with Gasteiger partial charge in [0.2, 0.25) is 5.91 Å². The number of ketones is 1. The van der Waals surface area contributed by atoms with Gasteiger partial charge in [0.25, 0.3) is 0 Å². The molecule has 1 saturated heterocycles. The van der Waals surface area contributed by atoms with Crippen molar-refractivity contribution in [2.75, 3.05) is 6.54 Å². The largest absolute Gasteiger partial charge is 0.332 e. The van der Waals surface area contributed by atoms with Crippen LogP contribution in [0.5, 0.6) is 0 Å². The summed E-state index contributed by atoms with van der Waals surface area (Å²) in [7, 11) is 0. The molecule has 1 amide bonds. The standard InChI is InChI=1S/C10H17NO2.C2H6/c1-4-10(13)11-6-7(2)5-9(11)8(3)12;1-2/h7,9H,4-6H2,1-3H3;1-2H3. The zero-order valence-corrected chi connectivity index (χ0v) is 10.5. The number of hydrogen-bond donors (Lipinski definition) is 0. The third-order valence-corrected chi connectivity index (χ3v) is 2.60. The van der Waals surface area contributed by atoms with E-state index in [1.54, 1.807) is 11.8 Å². The van der Waals surface area contributed by atoms with E-state index >= 15 is 0 Å². The van der Waals surface area contributed by atoms with E-state index in [2.05, 4.69) is 6.92 Å². The molecule has 0 saturated carbocycles. The number of carbonyl (C=O) groups is 2. The molecular formula is C12H23NO2. The molecule has 0 aromatic carbocycles. The average Bonchev–Trinajstić information content (AvgIpc) is 2.62. The zero-order chi connectivity index (χ0) is 12.0. The zero-order valence-electron chi connectivity index (χ0n) is 10.5. The molecule has 88 valence electrons. The maximum Gasteiger partial charge on any atom is 0.222 e. The summed E-state index contributed by atoms with van der Waals surface area (Å²) in [6, 6.07) is -0.151. The number of amides is 1. The lowest BCUT2D eigenvalue weighted by molar-refractivity contribution is -0.136. The molecule has 0 bridgehead atoms. The molecule has 1 aliphatic rings. The summed E-state index contributed by atoms with van der Waals surface area (Å²) in [5.74, 6) is 0.681. The fourth-order valence-electron chi connectivity index (χ4n) is 1.91. The van der Waals surface area contributed by atoms with Crippen LogP contribution < -0.4 is 0 Å². The van der Waals surface area contributed by atoms with Gasteiger partial charge in [-0.15, -0.1) is 0 Å². The van der Waals surface area contributed by atoms with Gasteiger partial charge in [-0.3, -0.25) is 9.59 Å². The number of rotatable bonds is 2. The van der Waals surface area contributed by atoms with Crippen LogP contribution in [-0.4, -0.2) is 29.2 Å². The molecule has 1 aliphatic heterocycles. The highest BCUT2D eigenvalue weighted by molar-refractivity contribution is 5.88. The molecule has 1 heterocycles. The molecule has 0 aromatic heterocycles. The molecule has 0 aliphatic carbocycles. The highest BCUT2D eigenvalue weighted by Gasteiger charge is 2.34. The molecule has 0 spiro atoms. The topological polar surface area (TPSA) is 37.4 Å². The predicted octanol–water partition coefficient (Wildman–Crippen LogP) is 2.25. The second kappa shape index (κ2) is 6.59. The highest BCUT2D eigenvalue weighted by Crippen LogP contribution is 2.23. The summed E-state index contributed by atoms with van der Waals surface area (Å²) < 4.78 is 0. The Morgan fingerprint density at radius 1 is 1.33 bits per heavy atom. The second-order valence-electron chi connectivity index (χ2n) is 3.87. The molecule has 1 fully saturated rings. The van der Waals surface area contributed by atoms with E-state index in [-0.39, 0.29) is 17.7 Å². The molecule has 2 unspecified atom stereocenters. The summed E-state index contributed by atoms with van der Waals surface area (Å²) in [6.45, 7) is 10.2. The first-order valence-corrected chi connectivity index (χ1v) is 5.86. The van der Waals surface area contributed by atoms with Gasteiger partial charge >= 0.3 is 0 Å². The third kappa shape index (κ3) is 3.65. The maximum absolute atomic E-state index is 11.4. The van der Waals surface area contributed by atoms with Crippen LogP contribution in [0.1, 0.15) is 47.5 Å². The van der Waals surface area contributed by atoms with Gasteiger partial charge in [0.05, 0.1) is 6.04 Å². The maximum atomic E-state index is 11.4. The highest BCUT2D eigenvalue weighted by atomic mass is 16.2. The Morgan fingerprint density at radius 2 is 1.87 bits per heavy atom. The average molecular weight is 213 g/mol. The normalized spacial score (nSPS) is 24.5. The van der Waals surface area contributed by atoms with Crippen molar-refractivity contribution in [1.82, 2.24) is 4.90 Å². The fraction of sp³-hybridized carbons (Fsp3) is 0.833. The number of Topliss-reactive ketones (excluding diaryl/α,β-unsaturated/α-hetero) is 1. The number of likely N-dealkylation sites (tertiary alicyclic amines) is 1. The second-order valence-corrected chi connectivity index (χ2v) is 3.87. The number of nitrogens with zero attached hydrogens (tertiary/aromatic N) is 1. The first-order valence-electron chi connectivity index (χ1n) is 5.86. The predicted molar refractivity (Wildman–Crippen MR) is 61.6 cm³/mol. The summed E-state index contributed by atoms with van der Waals surface area (Å²) in [5.41, 5.74) is 0. The van der Waals surface area contributed by atoms with Crippen molar-refractivity contribution in [3.05, 3.63) is 0 Å². The van der Waals surface area contributed by atoms with Crippen molar-refractivity contribution in [2.45, 2.75) is 53.5 Å². The van der Waals surface area contributed by atoms with Crippen LogP contribution in [0.4, 0.5) is 0 Å². The van der Waals surface area contributed by atoms with Gasteiger partial charge in [-0.2, -0.15) is 0 Å². The summed E-state index contributed by atoms with van der Waals surface area (Å²) in [4.78, 5) is 24.4. The molecule has 3 heteroatoms. The Kier molecular flexibility index (Phi) is 6.21. The van der Waals surface area contributed by atoms with Gasteiger partial charge < -0.3 is 4.90 Å². The Bertz CT molecular complexity index is 226. The van der Waals surface area contributed by atoms with Crippen molar-refractivity contribution in [3.8, 4) is 0 Å². The van der Waals surface area contributed by atoms with Crippen molar-refractivity contribution >= 4 is 11.7 Å². The Balaban J connectivity index is 0.000000921. The fourth-order valence-corrected chi connectivity index (χ4v) is 1.91. The van der Waals surface area contributed by atoms with Crippen molar-refractivity contribution in [3.63, 3.8) is 0 Å². The van der Waals surface area contributed by atoms with E-state index < -0.39 is 0 Å². The molecule has 15 heavy (non-hydrogen) atoms. The lowest BCUT2D eigenvalue weighted by Gasteiger charge is -2.21. The third-order valence-electron chi connectivity index (χ3n) is 2.60. The number of carbonyl (C=O) groups excluding carboxylic acids is 2. The smallest absolute Gasteiger partial charge is 0.222 e. The van der Waals surface area contributed by atoms with Crippen molar-refractivity contribution in [1.29, 1.82) is 0 Å². The van der Waals surface area contributed by atoms with Crippen LogP contribution in [-0.2, 0) is 9.59 Å². The number of hydrogen-bond acceptors (Lipinski definition) is 2. The SMILES string of the molecule is CC.CCC(=O)N1CC(C)CC1C(C)=O. The lowest BCUT2D eigenvalue weighted by atomic mass is 10.1. The Labute approximate surface area is 92.8 Å². The molecule has 3 nitrogen and oxygen atoms in total. The molecule has 0 aromatic rings. The van der Waals surface area contributed by atoms with Crippen LogP contribution in [0.15, 0.2) is 0 Å². The van der Waals surface area contributed by atoms with Gasteiger partial charge in [-0.05, 0) is 19.3 Å². The minimum Gasteiger partial charge on any atom is -0.332 e. The van der Waals surface area contributed by atoms with Gasteiger partial charge in [0.1, 0.15) is 0 Å². The molecule has 2 atom stereocenters. The van der Waals surface area contributed by atoms with Crippen molar-refractivity contribution < 1.29 is 9.59 Å². The van der Waals surface area contributed by atoms with E-state index in [4.69, 9.17) is 0 Å². The molecular weight excluding hydrogens is 190 g/mol. The monoisotopic (exact) mass is 213 g/mol. The van der Waals surface area contributed by atoms with Gasteiger partial charge in [0, 0.05) is 13.0 Å². The van der Waals surface area contributed by atoms with E-state index in [1.807, 2.05) is 20.8 Å². The first-order chi connectivity index (χ1) is 7.06. The van der Waals surface area contributed by atoms with E-state index in [0.717, 1.165) is 13.0 Å². The summed E-state index contributed by atoms with van der Waals surface area (Å²) >= 11 is 0. The van der Waals surface area contributed by atoms with E-state index in [0.29, 0.717) is 12.3 Å². The quantitative estimate of drug-likeness (QED) is 0.705. The van der Waals surface area contributed by atoms with Crippen LogP contribution >= 0.6 is 0 Å². The summed E-state index contributed by atoms with van der Waals surface area (Å²) in [5, 5.41) is 0. The van der Waals surface area contributed by atoms with Gasteiger partial charge in [0.15, 0.2) is 5.78 Å². The van der Waals surface area contributed by atoms with Crippen LogP contribution in [0.25, 0.3) is 0 Å². The molecule has 0 N–H and O–H groups in total. The Morgan fingerprint density at radius 3 is 2.27 bits per heavy atom. The molecule has 0 radical (unpaired) electrons. The van der Waals surface area contributed by atoms with E-state index in [1.165, 1.54) is 0 Å². The van der Waals surface area contributed by atoms with Gasteiger partial charge in [-0.25, -0.2) is 0 Å². The van der Waals surface area contributed by atoms with Crippen molar-refractivity contribution in [2.24, 2.45) is 5.92 Å². The lowest BCUT2D eigenvalue weighted by Crippen LogP contribution is -2.39.